The molecule has 6 atom stereocenters. The van der Waals surface area contributed by atoms with E-state index in [0.29, 0.717) is 0 Å². The van der Waals surface area contributed by atoms with Gasteiger partial charge in [0.1, 0.15) is 18.3 Å². The molecule has 0 aromatic rings. The van der Waals surface area contributed by atoms with E-state index in [1.54, 1.807) is 11.1 Å². The van der Waals surface area contributed by atoms with Crippen molar-refractivity contribution in [3.63, 3.8) is 0 Å². The third-order valence-corrected chi connectivity index (χ3v) is 5.85. The van der Waals surface area contributed by atoms with Crippen molar-refractivity contribution in [2.45, 2.75) is 56.5 Å². The van der Waals surface area contributed by atoms with Gasteiger partial charge in [0, 0.05) is 12.0 Å². The number of hydrogen-bond donors (Lipinski definition) is 1. The zero-order chi connectivity index (χ0) is 17.3. The lowest BCUT2D eigenvalue weighted by atomic mass is 10.1. The lowest BCUT2D eigenvalue weighted by Crippen LogP contribution is -2.48. The molecule has 2 unspecified atom stereocenters. The highest BCUT2D eigenvalue weighted by Crippen LogP contribution is 2.45. The van der Waals surface area contributed by atoms with Crippen molar-refractivity contribution in [2.24, 2.45) is 0 Å². The number of carbonyl (C=O) groups is 1. The van der Waals surface area contributed by atoms with Crippen LogP contribution >= 0.6 is 10.0 Å². The van der Waals surface area contributed by atoms with Crippen LogP contribution < -0.4 is 5.32 Å². The van der Waals surface area contributed by atoms with Crippen molar-refractivity contribution in [3.05, 3.63) is 12.3 Å². The van der Waals surface area contributed by atoms with Crippen LogP contribution in [-0.4, -0.2) is 78.1 Å². The summed E-state index contributed by atoms with van der Waals surface area (Å²) >= 11 is 0. The van der Waals surface area contributed by atoms with Crippen LogP contribution in [-0.2, 0) is 18.9 Å². The summed E-state index contributed by atoms with van der Waals surface area (Å²) in [5.74, 6) is 0.248. The molecule has 4 heterocycles. The standard InChI is InChI=1S/C16H26N2O5S/c1-16(2)22-11-10(8-24(3,4)5)21-14(12(11)23-16)18-7-6-9-13(20-9)17-15(18)19/h6-7,9-14H,8H2,1-5H3,(H,17,19)/t9?,10-,11-,12-,13?,14-/m1/s1. The Hall–Kier alpha value is -0.800. The number of nitrogens with zero attached hydrogens (tertiary/aromatic N) is 1. The molecule has 136 valence electrons. The second kappa shape index (κ2) is 5.35. The maximum atomic E-state index is 12.5. The molecular formula is C16H26N2O5S. The molecule has 4 rings (SSSR count). The molecule has 0 aromatic carbocycles. The molecule has 3 fully saturated rings. The van der Waals surface area contributed by atoms with Gasteiger partial charge in [-0.1, -0.05) is 0 Å². The second-order valence-corrected chi connectivity index (χ2v) is 12.6. The first-order valence-electron chi connectivity index (χ1n) is 8.23. The van der Waals surface area contributed by atoms with Crippen molar-refractivity contribution in [3.8, 4) is 0 Å². The number of urea groups is 1. The Balaban J connectivity index is 1.58. The third kappa shape index (κ3) is 3.06. The first-order valence-corrected chi connectivity index (χ1v) is 11.3. The third-order valence-electron chi connectivity index (χ3n) is 4.53. The fourth-order valence-corrected chi connectivity index (χ4v) is 4.79. The van der Waals surface area contributed by atoms with E-state index in [1.807, 2.05) is 19.9 Å². The molecule has 2 amide bonds. The van der Waals surface area contributed by atoms with Gasteiger partial charge in [-0.15, -0.1) is 0 Å². The van der Waals surface area contributed by atoms with E-state index in [0.717, 1.165) is 5.75 Å². The lowest BCUT2D eigenvalue weighted by molar-refractivity contribution is -0.195. The summed E-state index contributed by atoms with van der Waals surface area (Å²) in [6, 6.07) is -0.225. The Morgan fingerprint density at radius 3 is 2.62 bits per heavy atom. The fraction of sp³-hybridized carbons (Fsp3) is 0.812. The van der Waals surface area contributed by atoms with Crippen LogP contribution in [0.5, 0.6) is 0 Å². The van der Waals surface area contributed by atoms with Crippen molar-refractivity contribution < 1.29 is 23.7 Å². The normalized spacial score (nSPS) is 43.9. The predicted octanol–water partition coefficient (Wildman–Crippen LogP) is 1.19. The van der Waals surface area contributed by atoms with Crippen LogP contribution in [0.4, 0.5) is 4.79 Å². The zero-order valence-corrected chi connectivity index (χ0v) is 15.5. The molecule has 0 spiro atoms. The van der Waals surface area contributed by atoms with E-state index in [-0.39, 0.29) is 36.7 Å². The highest BCUT2D eigenvalue weighted by atomic mass is 32.3. The number of carbonyl (C=O) groups excluding carboxylic acids is 1. The Morgan fingerprint density at radius 2 is 1.92 bits per heavy atom. The van der Waals surface area contributed by atoms with E-state index >= 15 is 0 Å². The summed E-state index contributed by atoms with van der Waals surface area (Å²) < 4.78 is 23.8. The van der Waals surface area contributed by atoms with Crippen LogP contribution in [0, 0.1) is 0 Å². The van der Waals surface area contributed by atoms with Gasteiger partial charge in [-0.25, -0.2) is 14.8 Å². The summed E-state index contributed by atoms with van der Waals surface area (Å²) in [6.07, 6.45) is 9.11. The minimum atomic E-state index is -0.778. The van der Waals surface area contributed by atoms with Crippen molar-refractivity contribution in [1.29, 1.82) is 0 Å². The molecule has 24 heavy (non-hydrogen) atoms. The topological polar surface area (TPSA) is 72.6 Å². The Kier molecular flexibility index (Phi) is 3.71. The highest BCUT2D eigenvalue weighted by molar-refractivity contribution is 8.32. The number of rotatable bonds is 3. The van der Waals surface area contributed by atoms with E-state index < -0.39 is 22.0 Å². The number of nitrogens with one attached hydrogen (secondary N) is 1. The largest absolute Gasteiger partial charge is 0.348 e. The van der Waals surface area contributed by atoms with Gasteiger partial charge >= 0.3 is 6.03 Å². The van der Waals surface area contributed by atoms with Crippen molar-refractivity contribution in [1.82, 2.24) is 10.2 Å². The van der Waals surface area contributed by atoms with Gasteiger partial charge in [0.15, 0.2) is 18.2 Å². The first kappa shape index (κ1) is 16.7. The van der Waals surface area contributed by atoms with Gasteiger partial charge in [-0.05, 0) is 38.7 Å². The van der Waals surface area contributed by atoms with Gasteiger partial charge in [0.05, 0.1) is 6.10 Å². The Morgan fingerprint density at radius 1 is 1.21 bits per heavy atom. The highest BCUT2D eigenvalue weighted by Gasteiger charge is 2.58. The smallest absolute Gasteiger partial charge is 0.325 e. The molecule has 0 bridgehead atoms. The van der Waals surface area contributed by atoms with Gasteiger partial charge in [-0.2, -0.15) is 0 Å². The minimum Gasteiger partial charge on any atom is -0.348 e. The zero-order valence-electron chi connectivity index (χ0n) is 14.7. The van der Waals surface area contributed by atoms with Gasteiger partial charge in [0.2, 0.25) is 0 Å². The number of ether oxygens (including phenoxy) is 4. The molecule has 7 nitrogen and oxygen atoms in total. The van der Waals surface area contributed by atoms with Gasteiger partial charge in [0.25, 0.3) is 0 Å². The van der Waals surface area contributed by atoms with Crippen LogP contribution in [0.1, 0.15) is 13.8 Å². The van der Waals surface area contributed by atoms with E-state index in [1.165, 1.54) is 0 Å². The first-order chi connectivity index (χ1) is 11.1. The quantitative estimate of drug-likeness (QED) is 0.767. The van der Waals surface area contributed by atoms with Crippen LogP contribution in [0.15, 0.2) is 12.3 Å². The molecule has 1 N–H and O–H groups in total. The molecule has 3 saturated heterocycles. The van der Waals surface area contributed by atoms with Crippen molar-refractivity contribution in [2.75, 3.05) is 24.5 Å². The monoisotopic (exact) mass is 358 g/mol. The summed E-state index contributed by atoms with van der Waals surface area (Å²) in [5.41, 5.74) is 0. The molecule has 4 aliphatic heterocycles. The summed E-state index contributed by atoms with van der Waals surface area (Å²) in [7, 11) is -0.778. The second-order valence-electron chi connectivity index (χ2n) is 8.11. The molecule has 8 heteroatoms. The number of fused-ring (bicyclic) bond motifs is 2. The fourth-order valence-electron chi connectivity index (χ4n) is 3.54. The molecule has 4 aliphatic rings. The Labute approximate surface area is 143 Å². The van der Waals surface area contributed by atoms with Crippen LogP contribution in [0.2, 0.25) is 0 Å². The van der Waals surface area contributed by atoms with Gasteiger partial charge < -0.3 is 24.3 Å². The molecule has 0 saturated carbocycles. The SMILES string of the molecule is CC1(C)O[C@@H]2[C@H](O1)[C@@H](CS(C)(C)C)O[C@H]2N1C=CC2OC2NC1=O. The van der Waals surface area contributed by atoms with Crippen LogP contribution in [0.25, 0.3) is 0 Å². The molecule has 0 radical (unpaired) electrons. The molecule has 0 aliphatic carbocycles. The summed E-state index contributed by atoms with van der Waals surface area (Å²) in [4.78, 5) is 14.1. The average molecular weight is 358 g/mol. The van der Waals surface area contributed by atoms with E-state index in [9.17, 15) is 4.79 Å². The maximum Gasteiger partial charge on any atom is 0.325 e. The molecule has 0 aromatic heterocycles. The minimum absolute atomic E-state index is 0.0387. The van der Waals surface area contributed by atoms with E-state index in [2.05, 4.69) is 24.1 Å². The number of hydrogen-bond acceptors (Lipinski definition) is 5. The molecular weight excluding hydrogens is 332 g/mol. The van der Waals surface area contributed by atoms with E-state index in [4.69, 9.17) is 18.9 Å². The number of amides is 2. The summed E-state index contributed by atoms with van der Waals surface area (Å²) in [5, 5.41) is 2.84. The number of epoxide rings is 1. The summed E-state index contributed by atoms with van der Waals surface area (Å²) in [6.45, 7) is 3.81. The van der Waals surface area contributed by atoms with Crippen molar-refractivity contribution >= 4 is 16.1 Å². The average Bonchev–Trinajstić information content (AvgIpc) is 3.01. The van der Waals surface area contributed by atoms with Crippen LogP contribution in [0.3, 0.4) is 0 Å². The maximum absolute atomic E-state index is 12.5. The lowest BCUT2D eigenvalue weighted by Gasteiger charge is -2.33. The van der Waals surface area contributed by atoms with Gasteiger partial charge in [-0.3, -0.25) is 4.90 Å². The Bertz CT molecular complexity index is 575. The predicted molar refractivity (Wildman–Crippen MR) is 90.9 cm³/mol.